The number of rotatable bonds is 5. The topological polar surface area (TPSA) is 85.4 Å². The van der Waals surface area contributed by atoms with Gasteiger partial charge in [-0.2, -0.15) is 0 Å². The highest BCUT2D eigenvalue weighted by atomic mass is 35.7. The zero-order chi connectivity index (χ0) is 17.9. The third-order valence-electron chi connectivity index (χ3n) is 2.82. The van der Waals surface area contributed by atoms with E-state index in [9.17, 15) is 13.2 Å². The molecule has 10 heteroatoms. The van der Waals surface area contributed by atoms with Crippen molar-refractivity contribution in [1.82, 2.24) is 4.98 Å². The van der Waals surface area contributed by atoms with E-state index < -0.39 is 21.1 Å². The molecule has 0 spiro atoms. The molecule has 0 radical (unpaired) electrons. The van der Waals surface area contributed by atoms with E-state index in [4.69, 9.17) is 38.6 Å². The van der Waals surface area contributed by atoms with Gasteiger partial charge in [-0.1, -0.05) is 23.2 Å². The Labute approximate surface area is 153 Å². The number of ether oxygens (including phenoxy) is 1. The smallest absolute Gasteiger partial charge is 0.278 e. The Bertz CT molecular complexity index is 857. The summed E-state index contributed by atoms with van der Waals surface area (Å²) in [7, 11) is 1.25. The van der Waals surface area contributed by atoms with Crippen LogP contribution in [0.25, 0.3) is 0 Å². The van der Waals surface area contributed by atoms with E-state index in [1.54, 1.807) is 12.1 Å². The van der Waals surface area contributed by atoms with Crippen LogP contribution in [-0.2, 0) is 13.8 Å². The molecule has 0 aliphatic rings. The first kappa shape index (κ1) is 18.8. The fraction of sp³-hybridized carbons (Fsp3) is 0.143. The van der Waals surface area contributed by atoms with Gasteiger partial charge in [0.05, 0.1) is 16.9 Å². The van der Waals surface area contributed by atoms with Crippen LogP contribution in [0.2, 0.25) is 10.0 Å². The average molecular weight is 410 g/mol. The number of halogens is 3. The highest BCUT2D eigenvalue weighted by molar-refractivity contribution is 8.13. The number of nitrogens with one attached hydrogen (secondary N) is 1. The quantitative estimate of drug-likeness (QED) is 0.761. The predicted octanol–water partition coefficient (Wildman–Crippen LogP) is 3.72. The van der Waals surface area contributed by atoms with Crippen molar-refractivity contribution in [2.75, 3.05) is 5.32 Å². The molecule has 1 unspecified atom stereocenters. The van der Waals surface area contributed by atoms with Gasteiger partial charge in [0.1, 0.15) is 5.75 Å². The van der Waals surface area contributed by atoms with Crippen LogP contribution in [0.5, 0.6) is 5.75 Å². The lowest BCUT2D eigenvalue weighted by atomic mass is 10.3. The summed E-state index contributed by atoms with van der Waals surface area (Å²) < 4.78 is 27.7. The van der Waals surface area contributed by atoms with Gasteiger partial charge < -0.3 is 10.1 Å². The Hall–Kier alpha value is -1.54. The van der Waals surface area contributed by atoms with E-state index in [2.05, 4.69) is 10.3 Å². The summed E-state index contributed by atoms with van der Waals surface area (Å²) >= 11 is 11.8. The highest BCUT2D eigenvalue weighted by Crippen LogP contribution is 2.28. The second-order valence-electron chi connectivity index (χ2n) is 4.65. The van der Waals surface area contributed by atoms with Crippen molar-refractivity contribution in [2.24, 2.45) is 0 Å². The van der Waals surface area contributed by atoms with Crippen molar-refractivity contribution < 1.29 is 17.9 Å². The van der Waals surface area contributed by atoms with E-state index >= 15 is 0 Å². The Morgan fingerprint density at radius 3 is 2.50 bits per heavy atom. The first-order chi connectivity index (χ1) is 11.2. The van der Waals surface area contributed by atoms with Crippen LogP contribution in [0.1, 0.15) is 6.92 Å². The van der Waals surface area contributed by atoms with Gasteiger partial charge in [-0.3, -0.25) is 4.79 Å². The monoisotopic (exact) mass is 408 g/mol. The number of anilines is 1. The van der Waals surface area contributed by atoms with Crippen molar-refractivity contribution in [3.05, 3.63) is 46.6 Å². The molecule has 0 fully saturated rings. The van der Waals surface area contributed by atoms with Gasteiger partial charge in [-0.25, -0.2) is 13.4 Å². The summed E-state index contributed by atoms with van der Waals surface area (Å²) in [5, 5.41) is 2.96. The summed E-state index contributed by atoms with van der Waals surface area (Å²) in [6.07, 6.45) is 0.315. The number of carbonyl (C=O) groups excluding carboxylic acids is 1. The van der Waals surface area contributed by atoms with Crippen molar-refractivity contribution in [3.63, 3.8) is 0 Å². The Kier molecular flexibility index (Phi) is 5.92. The van der Waals surface area contributed by atoms with E-state index in [1.807, 2.05) is 0 Å². The number of hydrogen-bond acceptors (Lipinski definition) is 5. The molecule has 1 N–H and O–H groups in total. The van der Waals surface area contributed by atoms with Crippen LogP contribution in [0.4, 0.5) is 5.69 Å². The number of nitrogens with zero attached hydrogens (tertiary/aromatic N) is 1. The molecule has 0 saturated heterocycles. The summed E-state index contributed by atoms with van der Waals surface area (Å²) in [4.78, 5) is 15.8. The maximum absolute atomic E-state index is 12.1. The number of pyridine rings is 1. The first-order valence-corrected chi connectivity index (χ1v) is 9.56. The van der Waals surface area contributed by atoms with Crippen LogP contribution in [0.15, 0.2) is 41.6 Å². The number of hydrogen-bond donors (Lipinski definition) is 1. The minimum absolute atomic E-state index is 0.278. The van der Waals surface area contributed by atoms with Gasteiger partial charge >= 0.3 is 0 Å². The molecule has 0 aliphatic heterocycles. The Balaban J connectivity index is 2.03. The lowest BCUT2D eigenvalue weighted by Crippen LogP contribution is -2.30. The molecule has 0 aliphatic carbocycles. The van der Waals surface area contributed by atoms with E-state index in [-0.39, 0.29) is 10.0 Å². The van der Waals surface area contributed by atoms with Crippen molar-refractivity contribution in [1.29, 1.82) is 0 Å². The van der Waals surface area contributed by atoms with Gasteiger partial charge in [0.2, 0.25) is 0 Å². The van der Waals surface area contributed by atoms with Gasteiger partial charge in [0.25, 0.3) is 15.0 Å². The number of carbonyl (C=O) groups is 1. The molecule has 1 atom stereocenters. The third kappa shape index (κ3) is 4.98. The van der Waals surface area contributed by atoms with E-state index in [1.165, 1.54) is 31.3 Å². The Morgan fingerprint density at radius 1 is 1.25 bits per heavy atom. The summed E-state index contributed by atoms with van der Waals surface area (Å²) in [6, 6.07) is 7.18. The van der Waals surface area contributed by atoms with Crippen LogP contribution < -0.4 is 10.1 Å². The van der Waals surface area contributed by atoms with Crippen molar-refractivity contribution in [2.45, 2.75) is 18.1 Å². The van der Waals surface area contributed by atoms with Gasteiger partial charge in [-0.05, 0) is 37.3 Å². The van der Waals surface area contributed by atoms with E-state index in [0.29, 0.717) is 16.5 Å². The van der Waals surface area contributed by atoms with Gasteiger partial charge in [-0.15, -0.1) is 0 Å². The summed E-state index contributed by atoms with van der Waals surface area (Å²) in [5.74, 6) is -0.158. The molecule has 2 aromatic rings. The van der Waals surface area contributed by atoms with Crippen LogP contribution in [-0.4, -0.2) is 25.4 Å². The maximum Gasteiger partial charge on any atom is 0.278 e. The Morgan fingerprint density at radius 2 is 1.96 bits per heavy atom. The number of benzene rings is 1. The molecule has 128 valence electrons. The molecule has 0 saturated carbocycles. The molecule has 24 heavy (non-hydrogen) atoms. The minimum Gasteiger partial charge on any atom is -0.479 e. The van der Waals surface area contributed by atoms with Crippen LogP contribution in [0.3, 0.4) is 0 Å². The second-order valence-corrected chi connectivity index (χ2v) is 8.00. The molecule has 1 heterocycles. The van der Waals surface area contributed by atoms with Crippen molar-refractivity contribution in [3.8, 4) is 5.75 Å². The lowest BCUT2D eigenvalue weighted by Gasteiger charge is -2.15. The van der Waals surface area contributed by atoms with Crippen LogP contribution in [0, 0.1) is 0 Å². The molecule has 2 rings (SSSR count). The number of aromatic nitrogens is 1. The average Bonchev–Trinajstić information content (AvgIpc) is 2.49. The molecule has 1 aromatic carbocycles. The largest absolute Gasteiger partial charge is 0.479 e. The summed E-state index contributed by atoms with van der Waals surface area (Å²) in [5.41, 5.74) is 0.293. The van der Waals surface area contributed by atoms with Crippen molar-refractivity contribution >= 4 is 54.5 Å². The molecular formula is C14H11Cl3N2O4S. The zero-order valence-electron chi connectivity index (χ0n) is 12.2. The second kappa shape index (κ2) is 7.57. The van der Waals surface area contributed by atoms with Gasteiger partial charge in [0.15, 0.2) is 11.1 Å². The van der Waals surface area contributed by atoms with Gasteiger partial charge in [0, 0.05) is 15.7 Å². The molecule has 6 nitrogen and oxygen atoms in total. The normalized spacial score (nSPS) is 12.5. The predicted molar refractivity (Wildman–Crippen MR) is 92.5 cm³/mol. The fourth-order valence-corrected chi connectivity index (χ4v) is 2.79. The highest BCUT2D eigenvalue weighted by Gasteiger charge is 2.17. The number of amides is 1. The SMILES string of the molecule is CC(Oc1ccc(Cl)cc1Cl)C(=O)Nc1ccc(S(=O)(=O)Cl)nc1. The summed E-state index contributed by atoms with van der Waals surface area (Å²) in [6.45, 7) is 1.53. The molecule has 0 bridgehead atoms. The first-order valence-electron chi connectivity index (χ1n) is 6.50. The molecule has 1 aromatic heterocycles. The van der Waals surface area contributed by atoms with E-state index in [0.717, 1.165) is 0 Å². The van der Waals surface area contributed by atoms with Crippen LogP contribution >= 0.6 is 33.9 Å². The standard InChI is InChI=1S/C14H11Cl3N2O4S/c1-8(23-12-4-2-9(15)6-11(12)16)14(20)19-10-3-5-13(18-7-10)24(17,21)22/h2-8H,1H3,(H,19,20). The molecular weight excluding hydrogens is 399 g/mol. The zero-order valence-corrected chi connectivity index (χ0v) is 15.2. The molecule has 1 amide bonds. The minimum atomic E-state index is -3.92. The lowest BCUT2D eigenvalue weighted by molar-refractivity contribution is -0.122. The third-order valence-corrected chi connectivity index (χ3v) is 4.57. The fourth-order valence-electron chi connectivity index (χ4n) is 1.66. The maximum atomic E-state index is 12.1.